The Balaban J connectivity index is 0.000000431. The van der Waals surface area contributed by atoms with Gasteiger partial charge >= 0.3 is 11.9 Å². The molecule has 2 aromatic rings. The molecule has 0 aromatic heterocycles. The summed E-state index contributed by atoms with van der Waals surface area (Å²) in [6.45, 7) is 3.88. The van der Waals surface area contributed by atoms with E-state index in [0.717, 1.165) is 11.2 Å². The first-order valence-corrected chi connectivity index (χ1v) is 14.4. The Hall–Kier alpha value is -1.96. The molecule has 2 heterocycles. The molecule has 1 spiro atoms. The van der Waals surface area contributed by atoms with E-state index in [0.29, 0.717) is 4.08 Å². The lowest BCUT2D eigenvalue weighted by atomic mass is 9.90. The van der Waals surface area contributed by atoms with Crippen LogP contribution in [0.3, 0.4) is 0 Å². The van der Waals surface area contributed by atoms with Crippen molar-refractivity contribution in [1.82, 2.24) is 4.90 Å². The topological polar surface area (TPSA) is 77.8 Å². The molecule has 2 aliphatic heterocycles. The van der Waals surface area contributed by atoms with Crippen molar-refractivity contribution in [2.24, 2.45) is 5.92 Å². The summed E-state index contributed by atoms with van der Waals surface area (Å²) in [7, 11) is 0. The number of hydrogen-bond donors (Lipinski definition) is 2. The van der Waals surface area contributed by atoms with Crippen molar-refractivity contribution in [3.05, 3.63) is 71.3 Å². The predicted molar refractivity (Wildman–Crippen MR) is 144 cm³/mol. The summed E-state index contributed by atoms with van der Waals surface area (Å²) in [5.74, 6) is -1.45. The average Bonchev–Trinajstić information content (AvgIpc) is 3.18. The number of carbonyl (C=O) groups is 2. The van der Waals surface area contributed by atoms with Crippen LogP contribution in [0.1, 0.15) is 48.8 Å². The quantitative estimate of drug-likeness (QED) is 0.521. The molecule has 188 valence electrons. The molecule has 2 aromatic carbocycles. The van der Waals surface area contributed by atoms with E-state index in [2.05, 4.69) is 83.0 Å². The Morgan fingerprint density at radius 1 is 0.943 bits per heavy atom. The van der Waals surface area contributed by atoms with Crippen molar-refractivity contribution in [3.63, 3.8) is 0 Å². The predicted octanol–water partition coefficient (Wildman–Crippen LogP) is 5.52. The maximum atomic E-state index is 9.10. The number of rotatable bonds is 4. The standard InChI is InChI=1S/C26H33NS2.C2H2O4/c1-2-8-21(9-3-1)18-22-13-16-27(17-14-22)19-24-20-28-26(29-24)15-7-6-11-23-10-4-5-12-25(23)26;3-1(4)2(5)6/h1-5,8-10,12,22,24H,6-7,11,13-20H2;(H,3,4)(H,5,6)/t24-,26-;/m0./s1. The van der Waals surface area contributed by atoms with E-state index in [1.54, 1.807) is 11.1 Å². The van der Waals surface area contributed by atoms with Crippen LogP contribution in [0.15, 0.2) is 54.6 Å². The van der Waals surface area contributed by atoms with Gasteiger partial charge in [0.25, 0.3) is 0 Å². The monoisotopic (exact) mass is 513 g/mol. The van der Waals surface area contributed by atoms with Crippen LogP contribution < -0.4 is 0 Å². The van der Waals surface area contributed by atoms with E-state index in [1.807, 2.05) is 0 Å². The van der Waals surface area contributed by atoms with Gasteiger partial charge in [0, 0.05) is 17.5 Å². The van der Waals surface area contributed by atoms with Gasteiger partial charge in [-0.3, -0.25) is 0 Å². The van der Waals surface area contributed by atoms with Gasteiger partial charge in [-0.2, -0.15) is 0 Å². The van der Waals surface area contributed by atoms with Crippen LogP contribution in [0.2, 0.25) is 0 Å². The summed E-state index contributed by atoms with van der Waals surface area (Å²) >= 11 is 4.57. The molecule has 0 saturated carbocycles. The SMILES string of the molecule is O=C(O)C(=O)O.c1ccc(CC2CCN(C[C@H]3CS[C@@]4(CCCCc5ccccc54)S3)CC2)cc1. The molecule has 0 unspecified atom stereocenters. The molecule has 5 nitrogen and oxygen atoms in total. The van der Waals surface area contributed by atoms with Gasteiger partial charge in [0.15, 0.2) is 0 Å². The smallest absolute Gasteiger partial charge is 0.414 e. The van der Waals surface area contributed by atoms with Crippen LogP contribution in [-0.4, -0.2) is 57.7 Å². The number of carboxylic acid groups (broad SMARTS) is 2. The zero-order valence-corrected chi connectivity index (χ0v) is 21.7. The molecule has 3 aliphatic rings. The van der Waals surface area contributed by atoms with E-state index in [-0.39, 0.29) is 0 Å². The Morgan fingerprint density at radius 2 is 1.63 bits per heavy atom. The van der Waals surface area contributed by atoms with Gasteiger partial charge in [0.05, 0.1) is 4.08 Å². The minimum Gasteiger partial charge on any atom is -0.473 e. The summed E-state index contributed by atoms with van der Waals surface area (Å²) in [5, 5.41) is 15.6. The first-order valence-electron chi connectivity index (χ1n) is 12.6. The van der Waals surface area contributed by atoms with Crippen LogP contribution in [0, 0.1) is 5.92 Å². The van der Waals surface area contributed by atoms with Gasteiger partial charge in [-0.25, -0.2) is 9.59 Å². The summed E-state index contributed by atoms with van der Waals surface area (Å²) in [5.41, 5.74) is 4.78. The Morgan fingerprint density at radius 3 is 2.34 bits per heavy atom. The van der Waals surface area contributed by atoms with Gasteiger partial charge in [-0.05, 0) is 74.2 Å². The van der Waals surface area contributed by atoms with Crippen LogP contribution in [0.25, 0.3) is 0 Å². The molecule has 1 aliphatic carbocycles. The second-order valence-electron chi connectivity index (χ2n) is 9.71. The minimum atomic E-state index is -1.82. The lowest BCUT2D eigenvalue weighted by Gasteiger charge is -2.34. The first-order chi connectivity index (χ1) is 16.9. The van der Waals surface area contributed by atoms with Crippen molar-refractivity contribution in [2.45, 2.75) is 54.3 Å². The molecular weight excluding hydrogens is 478 g/mol. The zero-order valence-electron chi connectivity index (χ0n) is 20.1. The number of likely N-dealkylation sites (tertiary alicyclic amines) is 1. The highest BCUT2D eigenvalue weighted by atomic mass is 32.2. The lowest BCUT2D eigenvalue weighted by Crippen LogP contribution is -2.38. The van der Waals surface area contributed by atoms with Crippen molar-refractivity contribution in [2.75, 3.05) is 25.4 Å². The van der Waals surface area contributed by atoms with Gasteiger partial charge < -0.3 is 15.1 Å². The molecule has 35 heavy (non-hydrogen) atoms. The molecule has 2 N–H and O–H groups in total. The van der Waals surface area contributed by atoms with E-state index in [1.165, 1.54) is 75.9 Å². The number of aryl methyl sites for hydroxylation is 1. The van der Waals surface area contributed by atoms with Crippen LogP contribution >= 0.6 is 23.5 Å². The summed E-state index contributed by atoms with van der Waals surface area (Å²) in [6, 6.07) is 20.4. The maximum Gasteiger partial charge on any atom is 0.414 e. The van der Waals surface area contributed by atoms with Crippen LogP contribution in [0.4, 0.5) is 0 Å². The lowest BCUT2D eigenvalue weighted by molar-refractivity contribution is -0.159. The molecule has 0 amide bonds. The van der Waals surface area contributed by atoms with E-state index < -0.39 is 11.9 Å². The highest BCUT2D eigenvalue weighted by Crippen LogP contribution is 2.59. The molecule has 7 heteroatoms. The maximum absolute atomic E-state index is 9.10. The Labute approximate surface area is 216 Å². The largest absolute Gasteiger partial charge is 0.473 e. The number of hydrogen-bond acceptors (Lipinski definition) is 5. The Kier molecular flexibility index (Phi) is 9.20. The number of piperidine rings is 1. The second kappa shape index (κ2) is 12.3. The third kappa shape index (κ3) is 7.05. The minimum absolute atomic E-state index is 0.337. The van der Waals surface area contributed by atoms with E-state index >= 15 is 0 Å². The summed E-state index contributed by atoms with van der Waals surface area (Å²) in [4.78, 5) is 21.0. The van der Waals surface area contributed by atoms with Crippen molar-refractivity contribution in [1.29, 1.82) is 0 Å². The van der Waals surface area contributed by atoms with Crippen molar-refractivity contribution >= 4 is 35.5 Å². The zero-order chi connectivity index (χ0) is 24.7. The van der Waals surface area contributed by atoms with Gasteiger partial charge in [0.2, 0.25) is 0 Å². The molecule has 0 radical (unpaired) electrons. The third-order valence-electron chi connectivity index (χ3n) is 7.21. The molecular formula is C28H35NO4S2. The number of thioether (sulfide) groups is 2. The van der Waals surface area contributed by atoms with E-state index in [4.69, 9.17) is 19.8 Å². The number of nitrogens with zero attached hydrogens (tertiary/aromatic N) is 1. The highest BCUT2D eigenvalue weighted by Gasteiger charge is 2.44. The Bertz CT molecular complexity index is 981. The molecule has 2 saturated heterocycles. The van der Waals surface area contributed by atoms with Gasteiger partial charge in [0.1, 0.15) is 0 Å². The normalized spacial score (nSPS) is 24.7. The fraction of sp³-hybridized carbons (Fsp3) is 0.500. The second-order valence-corrected chi connectivity index (χ2v) is 12.9. The van der Waals surface area contributed by atoms with Gasteiger partial charge in [-0.15, -0.1) is 23.5 Å². The number of fused-ring (bicyclic) bond motifs is 2. The average molecular weight is 514 g/mol. The fourth-order valence-electron chi connectivity index (χ4n) is 5.45. The summed E-state index contributed by atoms with van der Waals surface area (Å²) in [6.07, 6.45) is 9.38. The highest BCUT2D eigenvalue weighted by molar-refractivity contribution is 8.21. The molecule has 5 rings (SSSR count). The molecule has 0 bridgehead atoms. The number of aliphatic carboxylic acids is 2. The van der Waals surface area contributed by atoms with Crippen molar-refractivity contribution in [3.8, 4) is 0 Å². The third-order valence-corrected chi connectivity index (χ3v) is 11.0. The molecule has 2 fully saturated rings. The molecule has 2 atom stereocenters. The first kappa shape index (κ1) is 26.1. The number of carboxylic acids is 2. The fourth-order valence-corrected chi connectivity index (χ4v) is 9.43. The van der Waals surface area contributed by atoms with E-state index in [9.17, 15) is 0 Å². The van der Waals surface area contributed by atoms with Crippen LogP contribution in [0.5, 0.6) is 0 Å². The van der Waals surface area contributed by atoms with Crippen LogP contribution in [-0.2, 0) is 26.5 Å². The van der Waals surface area contributed by atoms with Gasteiger partial charge in [-0.1, -0.05) is 61.0 Å². The number of benzene rings is 2. The summed E-state index contributed by atoms with van der Waals surface area (Å²) < 4.78 is 0.337. The van der Waals surface area contributed by atoms with Crippen molar-refractivity contribution < 1.29 is 19.8 Å².